The number of amides is 2. The number of aliphatic hydroxyl groups excluding tert-OH is 1. The first-order valence-electron chi connectivity index (χ1n) is 9.17. The molecule has 3 rings (SSSR count). The molecule has 3 heterocycles. The molecular weight excluding hydrogens is 352 g/mol. The number of carboxylic acid groups (broad SMARTS) is 1. The van der Waals surface area contributed by atoms with E-state index in [0.29, 0.717) is 31.6 Å². The van der Waals surface area contributed by atoms with Gasteiger partial charge in [0.1, 0.15) is 5.70 Å². The molecule has 0 aromatic heterocycles. The smallest absolute Gasteiger partial charge is 0.352 e. The summed E-state index contributed by atoms with van der Waals surface area (Å²) < 4.78 is 0. The van der Waals surface area contributed by atoms with E-state index >= 15 is 0 Å². The SMILES string of the molecule is CC(N)=NC(=O)[C@H]1CCN(CC2=C(C(=O)O)N3C(=O)C([C@@H](C)O)C3[C@H]2C)C1. The van der Waals surface area contributed by atoms with Crippen molar-refractivity contribution in [1.29, 1.82) is 0 Å². The summed E-state index contributed by atoms with van der Waals surface area (Å²) in [5.41, 5.74) is 6.17. The molecule has 2 amide bonds. The fourth-order valence-electron chi connectivity index (χ4n) is 4.54. The van der Waals surface area contributed by atoms with E-state index in [1.807, 2.05) is 11.8 Å². The van der Waals surface area contributed by atoms with Gasteiger partial charge in [-0.1, -0.05) is 6.92 Å². The Labute approximate surface area is 157 Å². The maximum absolute atomic E-state index is 12.4. The van der Waals surface area contributed by atoms with E-state index < -0.39 is 18.0 Å². The van der Waals surface area contributed by atoms with Crippen LogP contribution in [0.3, 0.4) is 0 Å². The second-order valence-electron chi connectivity index (χ2n) is 7.75. The Balaban J connectivity index is 1.77. The van der Waals surface area contributed by atoms with Gasteiger partial charge in [0, 0.05) is 19.0 Å². The molecule has 2 fully saturated rings. The maximum atomic E-state index is 12.4. The quantitative estimate of drug-likeness (QED) is 0.330. The molecule has 3 aliphatic rings. The summed E-state index contributed by atoms with van der Waals surface area (Å²) >= 11 is 0. The van der Waals surface area contributed by atoms with Crippen molar-refractivity contribution in [3.63, 3.8) is 0 Å². The number of nitrogens with zero attached hydrogens (tertiary/aromatic N) is 3. The second-order valence-corrected chi connectivity index (χ2v) is 7.75. The van der Waals surface area contributed by atoms with Gasteiger partial charge < -0.3 is 20.8 Å². The summed E-state index contributed by atoms with van der Waals surface area (Å²) in [5.74, 6) is -2.47. The molecule has 3 aliphatic heterocycles. The van der Waals surface area contributed by atoms with E-state index in [0.717, 1.165) is 0 Å². The molecule has 4 N–H and O–H groups in total. The van der Waals surface area contributed by atoms with Crippen LogP contribution in [-0.2, 0) is 14.4 Å². The third kappa shape index (κ3) is 3.25. The normalized spacial score (nSPS) is 32.5. The number of hydrogen-bond acceptors (Lipinski definition) is 5. The minimum atomic E-state index is -1.13. The lowest BCUT2D eigenvalue weighted by atomic mass is 9.77. The highest BCUT2D eigenvalue weighted by molar-refractivity contribution is 6.00. The number of aliphatic imine (C=N–C) groups is 1. The van der Waals surface area contributed by atoms with Gasteiger partial charge >= 0.3 is 5.97 Å². The highest BCUT2D eigenvalue weighted by Crippen LogP contribution is 2.47. The number of β-lactam (4-membered cyclic amide) rings is 1. The highest BCUT2D eigenvalue weighted by Gasteiger charge is 2.59. The van der Waals surface area contributed by atoms with Crippen LogP contribution in [0.2, 0.25) is 0 Å². The molecule has 2 saturated heterocycles. The first kappa shape index (κ1) is 19.5. The molecular formula is C18H26N4O5. The highest BCUT2D eigenvalue weighted by atomic mass is 16.4. The molecule has 0 aromatic rings. The third-order valence-electron chi connectivity index (χ3n) is 5.82. The first-order valence-corrected chi connectivity index (χ1v) is 9.17. The van der Waals surface area contributed by atoms with E-state index in [2.05, 4.69) is 4.99 Å². The number of carboxylic acids is 1. The van der Waals surface area contributed by atoms with Crippen LogP contribution in [0.25, 0.3) is 0 Å². The fraction of sp³-hybridized carbons (Fsp3) is 0.667. The molecule has 9 heteroatoms. The molecule has 0 spiro atoms. The summed E-state index contributed by atoms with van der Waals surface area (Å²) in [4.78, 5) is 43.4. The average Bonchev–Trinajstić information content (AvgIpc) is 3.10. The lowest BCUT2D eigenvalue weighted by Gasteiger charge is -2.46. The molecule has 0 aliphatic carbocycles. The Morgan fingerprint density at radius 3 is 2.63 bits per heavy atom. The average molecular weight is 378 g/mol. The van der Waals surface area contributed by atoms with E-state index in [-0.39, 0.29) is 41.2 Å². The maximum Gasteiger partial charge on any atom is 0.352 e. The zero-order chi connectivity index (χ0) is 20.0. The Morgan fingerprint density at radius 2 is 2.07 bits per heavy atom. The van der Waals surface area contributed by atoms with Gasteiger partial charge in [0.15, 0.2) is 0 Å². The lowest BCUT2D eigenvalue weighted by Crippen LogP contribution is -2.63. The van der Waals surface area contributed by atoms with Gasteiger partial charge in [-0.3, -0.25) is 14.5 Å². The van der Waals surface area contributed by atoms with Gasteiger partial charge in [-0.2, -0.15) is 0 Å². The van der Waals surface area contributed by atoms with Gasteiger partial charge in [-0.25, -0.2) is 9.79 Å². The Morgan fingerprint density at radius 1 is 1.41 bits per heavy atom. The largest absolute Gasteiger partial charge is 0.477 e. The molecule has 2 unspecified atom stereocenters. The molecule has 0 aromatic carbocycles. The minimum absolute atomic E-state index is 0.0278. The van der Waals surface area contributed by atoms with Crippen molar-refractivity contribution < 1.29 is 24.6 Å². The predicted molar refractivity (Wildman–Crippen MR) is 96.5 cm³/mol. The Hall–Kier alpha value is -2.26. The van der Waals surface area contributed by atoms with Crippen molar-refractivity contribution in [2.75, 3.05) is 19.6 Å². The first-order chi connectivity index (χ1) is 12.6. The summed E-state index contributed by atoms with van der Waals surface area (Å²) in [6.07, 6.45) is -0.177. The van der Waals surface area contributed by atoms with Crippen LogP contribution in [0.4, 0.5) is 0 Å². The molecule has 0 saturated carbocycles. The number of likely N-dealkylation sites (tertiary alicyclic amines) is 1. The van der Waals surface area contributed by atoms with Gasteiger partial charge in [0.05, 0.1) is 29.8 Å². The second kappa shape index (κ2) is 7.05. The van der Waals surface area contributed by atoms with Crippen LogP contribution in [0.5, 0.6) is 0 Å². The number of nitrogens with two attached hydrogens (primary N) is 1. The van der Waals surface area contributed by atoms with Crippen molar-refractivity contribution in [3.8, 4) is 0 Å². The van der Waals surface area contributed by atoms with E-state index in [9.17, 15) is 24.6 Å². The van der Waals surface area contributed by atoms with Crippen molar-refractivity contribution >= 4 is 23.6 Å². The molecule has 5 atom stereocenters. The number of aliphatic hydroxyl groups is 1. The number of amidine groups is 1. The summed E-state index contributed by atoms with van der Waals surface area (Å²) in [5, 5.41) is 19.5. The summed E-state index contributed by atoms with van der Waals surface area (Å²) in [6, 6.07) is -0.317. The third-order valence-corrected chi connectivity index (χ3v) is 5.82. The van der Waals surface area contributed by atoms with Gasteiger partial charge in [-0.05, 0) is 32.4 Å². The number of hydrogen-bond donors (Lipinski definition) is 3. The van der Waals surface area contributed by atoms with Gasteiger partial charge in [0.25, 0.3) is 5.91 Å². The van der Waals surface area contributed by atoms with Crippen molar-refractivity contribution in [3.05, 3.63) is 11.3 Å². The number of carbonyl (C=O) groups excluding carboxylic acids is 2. The summed E-state index contributed by atoms with van der Waals surface area (Å²) in [6.45, 7) is 6.53. The zero-order valence-corrected chi connectivity index (χ0v) is 15.8. The Kier molecular flexibility index (Phi) is 5.09. The Bertz CT molecular complexity index is 740. The fourth-order valence-corrected chi connectivity index (χ4v) is 4.54. The van der Waals surface area contributed by atoms with Crippen molar-refractivity contribution in [2.45, 2.75) is 39.3 Å². The van der Waals surface area contributed by atoms with Gasteiger partial charge in [-0.15, -0.1) is 0 Å². The number of carbonyl (C=O) groups is 3. The molecule has 9 nitrogen and oxygen atoms in total. The van der Waals surface area contributed by atoms with E-state index in [4.69, 9.17) is 5.73 Å². The van der Waals surface area contributed by atoms with Crippen molar-refractivity contribution in [1.82, 2.24) is 9.80 Å². The van der Waals surface area contributed by atoms with Crippen LogP contribution in [0.1, 0.15) is 27.2 Å². The summed E-state index contributed by atoms with van der Waals surface area (Å²) in [7, 11) is 0. The zero-order valence-electron chi connectivity index (χ0n) is 15.8. The molecule has 0 radical (unpaired) electrons. The molecule has 27 heavy (non-hydrogen) atoms. The van der Waals surface area contributed by atoms with E-state index in [1.165, 1.54) is 4.90 Å². The van der Waals surface area contributed by atoms with Crippen LogP contribution in [0, 0.1) is 17.8 Å². The monoisotopic (exact) mass is 378 g/mol. The number of fused-ring (bicyclic) bond motifs is 1. The van der Waals surface area contributed by atoms with Crippen LogP contribution in [0.15, 0.2) is 16.3 Å². The number of rotatable bonds is 5. The van der Waals surface area contributed by atoms with Crippen LogP contribution in [-0.4, -0.2) is 75.4 Å². The van der Waals surface area contributed by atoms with E-state index in [1.54, 1.807) is 13.8 Å². The standard InChI is InChI=1S/C18H26N4O5/c1-8-12(7-21-5-4-11(6-21)16(24)20-10(3)19)15(18(26)27)22-14(8)13(9(2)23)17(22)25/h8-9,11,13-14,23H,4-7H2,1-3H3,(H,26,27)(H2,19,20,24)/t8-,9+,11-,13?,14?/m0/s1. The lowest BCUT2D eigenvalue weighted by molar-refractivity contribution is -0.163. The molecule has 0 bridgehead atoms. The number of aliphatic carboxylic acids is 1. The van der Waals surface area contributed by atoms with Crippen molar-refractivity contribution in [2.24, 2.45) is 28.5 Å². The topological polar surface area (TPSA) is 137 Å². The minimum Gasteiger partial charge on any atom is -0.477 e. The molecule has 148 valence electrons. The van der Waals surface area contributed by atoms with Crippen LogP contribution < -0.4 is 5.73 Å². The van der Waals surface area contributed by atoms with Crippen LogP contribution >= 0.6 is 0 Å². The van der Waals surface area contributed by atoms with Gasteiger partial charge in [0.2, 0.25) is 5.91 Å². The predicted octanol–water partition coefficient (Wildman–Crippen LogP) is -0.592.